The first kappa shape index (κ1) is 20.8. The van der Waals surface area contributed by atoms with Crippen molar-refractivity contribution >= 4 is 45.7 Å². The minimum atomic E-state index is -0.752. The molecule has 0 spiro atoms. The number of ether oxygens (including phenoxy) is 1. The largest absolute Gasteiger partial charge is 0.494 e. The van der Waals surface area contributed by atoms with E-state index in [1.54, 1.807) is 0 Å². The summed E-state index contributed by atoms with van der Waals surface area (Å²) >= 11 is 18.3. The standard InChI is InChI=1S/C20H18Cl3NO4/c1-11-7-14(8-12(2)17(11)23)27-6-4-3-5-24-18-15(19(25)28-20(24)26)9-13(21)10-16(18)22/h7-10H,3-6H2,1-2H3. The fourth-order valence-corrected chi connectivity index (χ4v) is 3.74. The Bertz CT molecular complexity index is 1130. The number of rotatable bonds is 6. The molecule has 0 N–H and O–H groups in total. The Balaban J connectivity index is 1.70. The Morgan fingerprint density at radius 3 is 2.36 bits per heavy atom. The van der Waals surface area contributed by atoms with Gasteiger partial charge in [-0.1, -0.05) is 34.8 Å². The molecule has 3 aromatic rings. The van der Waals surface area contributed by atoms with Gasteiger partial charge in [-0.05, 0) is 62.1 Å². The molecule has 0 unspecified atom stereocenters. The molecule has 5 nitrogen and oxygen atoms in total. The van der Waals surface area contributed by atoms with Crippen LogP contribution in [0.25, 0.3) is 10.9 Å². The molecule has 0 aliphatic carbocycles. The number of benzene rings is 2. The molecule has 0 radical (unpaired) electrons. The normalized spacial score (nSPS) is 11.2. The lowest BCUT2D eigenvalue weighted by atomic mass is 10.1. The maximum absolute atomic E-state index is 12.1. The lowest BCUT2D eigenvalue weighted by Crippen LogP contribution is -2.25. The van der Waals surface area contributed by atoms with Gasteiger partial charge in [-0.15, -0.1) is 0 Å². The van der Waals surface area contributed by atoms with E-state index < -0.39 is 11.4 Å². The SMILES string of the molecule is Cc1cc(OCCCCn2c(=O)oc(=O)c3cc(Cl)cc(Cl)c32)cc(C)c1Cl. The highest BCUT2D eigenvalue weighted by Crippen LogP contribution is 2.27. The van der Waals surface area contributed by atoms with Crippen LogP contribution in [-0.2, 0) is 6.54 Å². The lowest BCUT2D eigenvalue weighted by Gasteiger charge is -2.12. The summed E-state index contributed by atoms with van der Waals surface area (Å²) in [4.78, 5) is 24.1. The fourth-order valence-electron chi connectivity index (χ4n) is 3.03. The summed E-state index contributed by atoms with van der Waals surface area (Å²) in [6.45, 7) is 4.67. The van der Waals surface area contributed by atoms with Crippen molar-refractivity contribution in [2.24, 2.45) is 0 Å². The highest BCUT2D eigenvalue weighted by Gasteiger charge is 2.14. The van der Waals surface area contributed by atoms with E-state index in [1.807, 2.05) is 26.0 Å². The van der Waals surface area contributed by atoms with Crippen molar-refractivity contribution in [2.75, 3.05) is 6.61 Å². The molecule has 0 saturated carbocycles. The number of hydrogen-bond donors (Lipinski definition) is 0. The topological polar surface area (TPSA) is 61.4 Å². The molecule has 8 heteroatoms. The van der Waals surface area contributed by atoms with Crippen molar-refractivity contribution in [1.82, 2.24) is 4.57 Å². The quantitative estimate of drug-likeness (QED) is 0.480. The first-order valence-corrected chi connectivity index (χ1v) is 9.83. The summed E-state index contributed by atoms with van der Waals surface area (Å²) in [5.74, 6) is 0.0111. The molecule has 1 heterocycles. The summed E-state index contributed by atoms with van der Waals surface area (Å²) in [5.41, 5.74) is 1.50. The Kier molecular flexibility index (Phi) is 6.38. The minimum Gasteiger partial charge on any atom is -0.494 e. The zero-order valence-electron chi connectivity index (χ0n) is 15.4. The molecular weight excluding hydrogens is 425 g/mol. The molecule has 148 valence electrons. The van der Waals surface area contributed by atoms with Gasteiger partial charge in [-0.3, -0.25) is 4.57 Å². The maximum Gasteiger partial charge on any atom is 0.422 e. The van der Waals surface area contributed by atoms with Gasteiger partial charge in [0.1, 0.15) is 5.75 Å². The van der Waals surface area contributed by atoms with E-state index in [-0.39, 0.29) is 10.4 Å². The first-order chi connectivity index (χ1) is 13.3. The van der Waals surface area contributed by atoms with Crippen molar-refractivity contribution < 1.29 is 9.15 Å². The average molecular weight is 443 g/mol. The molecule has 28 heavy (non-hydrogen) atoms. The third kappa shape index (κ3) is 4.37. The smallest absolute Gasteiger partial charge is 0.422 e. The second kappa shape index (κ2) is 8.60. The van der Waals surface area contributed by atoms with Crippen LogP contribution >= 0.6 is 34.8 Å². The fraction of sp³-hybridized carbons (Fsp3) is 0.300. The second-order valence-electron chi connectivity index (χ2n) is 6.52. The van der Waals surface area contributed by atoms with Crippen LogP contribution in [-0.4, -0.2) is 11.2 Å². The highest BCUT2D eigenvalue weighted by atomic mass is 35.5. The van der Waals surface area contributed by atoms with Gasteiger partial charge in [0.25, 0.3) is 0 Å². The van der Waals surface area contributed by atoms with E-state index in [9.17, 15) is 9.59 Å². The summed E-state index contributed by atoms with van der Waals surface area (Å²) < 4.78 is 11.9. The molecule has 0 aliphatic rings. The monoisotopic (exact) mass is 441 g/mol. The number of aromatic nitrogens is 1. The van der Waals surface area contributed by atoms with Gasteiger partial charge in [0.15, 0.2) is 0 Å². The third-order valence-corrected chi connectivity index (χ3v) is 5.48. The number of unbranched alkanes of at least 4 members (excludes halogenated alkanes) is 1. The Labute approximate surface area is 176 Å². The lowest BCUT2D eigenvalue weighted by molar-refractivity contribution is 0.300. The predicted octanol–water partition coefficient (Wildman–Crippen LogP) is 5.39. The molecule has 0 fully saturated rings. The van der Waals surface area contributed by atoms with Crippen LogP contribution in [0.2, 0.25) is 15.1 Å². The zero-order chi connectivity index (χ0) is 20.4. The molecule has 0 bridgehead atoms. The molecule has 0 saturated heterocycles. The third-order valence-electron chi connectivity index (χ3n) is 4.37. The molecule has 0 atom stereocenters. The predicted molar refractivity (Wildman–Crippen MR) is 112 cm³/mol. The zero-order valence-corrected chi connectivity index (χ0v) is 17.6. The molecule has 3 rings (SSSR count). The van der Waals surface area contributed by atoms with Gasteiger partial charge < -0.3 is 9.15 Å². The van der Waals surface area contributed by atoms with Gasteiger partial charge in [0.05, 0.1) is 22.5 Å². The number of hydrogen-bond acceptors (Lipinski definition) is 4. The van der Waals surface area contributed by atoms with Crippen molar-refractivity contribution in [3.05, 3.63) is 71.4 Å². The van der Waals surface area contributed by atoms with E-state index in [4.69, 9.17) is 44.0 Å². The Hall–Kier alpha value is -1.95. The van der Waals surface area contributed by atoms with Crippen LogP contribution in [0.15, 0.2) is 38.3 Å². The Morgan fingerprint density at radius 1 is 1.00 bits per heavy atom. The molecule has 0 aliphatic heterocycles. The van der Waals surface area contributed by atoms with Crippen molar-refractivity contribution in [3.63, 3.8) is 0 Å². The number of aryl methyl sites for hydroxylation is 3. The molecule has 1 aromatic heterocycles. The molecular formula is C20H18Cl3NO4. The summed E-state index contributed by atoms with van der Waals surface area (Å²) in [6.07, 6.45) is 1.33. The van der Waals surface area contributed by atoms with E-state index in [0.29, 0.717) is 36.5 Å². The van der Waals surface area contributed by atoms with Gasteiger partial charge in [-0.2, -0.15) is 0 Å². The van der Waals surface area contributed by atoms with Gasteiger partial charge in [-0.25, -0.2) is 9.59 Å². The summed E-state index contributed by atoms with van der Waals surface area (Å²) in [5, 5.41) is 1.45. The summed E-state index contributed by atoms with van der Waals surface area (Å²) in [6, 6.07) is 6.72. The van der Waals surface area contributed by atoms with E-state index >= 15 is 0 Å². The van der Waals surface area contributed by atoms with Gasteiger partial charge in [0, 0.05) is 16.6 Å². The molecule has 2 aromatic carbocycles. The van der Waals surface area contributed by atoms with Crippen molar-refractivity contribution in [1.29, 1.82) is 0 Å². The average Bonchev–Trinajstić information content (AvgIpc) is 2.62. The van der Waals surface area contributed by atoms with Crippen LogP contribution in [0.3, 0.4) is 0 Å². The van der Waals surface area contributed by atoms with E-state index in [1.165, 1.54) is 16.7 Å². The number of halogens is 3. The second-order valence-corrected chi connectivity index (χ2v) is 7.74. The maximum atomic E-state index is 12.1. The van der Waals surface area contributed by atoms with Crippen LogP contribution < -0.4 is 16.1 Å². The first-order valence-electron chi connectivity index (χ1n) is 8.70. The van der Waals surface area contributed by atoms with Gasteiger partial charge >= 0.3 is 11.4 Å². The summed E-state index contributed by atoms with van der Waals surface area (Å²) in [7, 11) is 0. The van der Waals surface area contributed by atoms with E-state index in [0.717, 1.165) is 21.9 Å². The van der Waals surface area contributed by atoms with Crippen LogP contribution in [0.1, 0.15) is 24.0 Å². The molecule has 0 amide bonds. The van der Waals surface area contributed by atoms with E-state index in [2.05, 4.69) is 0 Å². The van der Waals surface area contributed by atoms with Crippen molar-refractivity contribution in [3.8, 4) is 5.75 Å². The van der Waals surface area contributed by atoms with Crippen LogP contribution in [0, 0.1) is 13.8 Å². The highest BCUT2D eigenvalue weighted by molar-refractivity contribution is 6.38. The van der Waals surface area contributed by atoms with Crippen LogP contribution in [0.5, 0.6) is 5.75 Å². The van der Waals surface area contributed by atoms with Gasteiger partial charge in [0.2, 0.25) is 0 Å². The van der Waals surface area contributed by atoms with Crippen molar-refractivity contribution in [2.45, 2.75) is 33.2 Å². The minimum absolute atomic E-state index is 0.181. The number of nitrogens with zero attached hydrogens (tertiary/aromatic N) is 1. The van der Waals surface area contributed by atoms with Crippen LogP contribution in [0.4, 0.5) is 0 Å². The number of fused-ring (bicyclic) bond motifs is 1. The Morgan fingerprint density at radius 2 is 1.68 bits per heavy atom.